The van der Waals surface area contributed by atoms with Crippen molar-refractivity contribution in [1.29, 1.82) is 0 Å². The first-order valence-corrected chi connectivity index (χ1v) is 9.65. The van der Waals surface area contributed by atoms with Gasteiger partial charge in [-0.15, -0.1) is 0 Å². The quantitative estimate of drug-likeness (QED) is 0.868. The minimum Gasteiger partial charge on any atom is -0.369 e. The van der Waals surface area contributed by atoms with E-state index < -0.39 is 0 Å². The lowest BCUT2D eigenvalue weighted by atomic mass is 9.96. The Kier molecular flexibility index (Phi) is 6.29. The predicted molar refractivity (Wildman–Crippen MR) is 108 cm³/mol. The summed E-state index contributed by atoms with van der Waals surface area (Å²) in [6.45, 7) is 9.47. The summed E-state index contributed by atoms with van der Waals surface area (Å²) in [4.78, 5) is 17.5. The first kappa shape index (κ1) is 18.5. The zero-order valence-electron chi connectivity index (χ0n) is 15.9. The van der Waals surface area contributed by atoms with Crippen LogP contribution in [0, 0.1) is 0 Å². The smallest absolute Gasteiger partial charge is 0.254 e. The second kappa shape index (κ2) is 8.86. The highest BCUT2D eigenvalue weighted by Crippen LogP contribution is 2.28. The molecule has 0 atom stereocenters. The van der Waals surface area contributed by atoms with E-state index in [2.05, 4.69) is 40.5 Å². The molecule has 1 fully saturated rings. The number of benzene rings is 2. The van der Waals surface area contributed by atoms with E-state index in [1.54, 1.807) is 0 Å². The maximum absolute atomic E-state index is 13.1. The highest BCUT2D eigenvalue weighted by atomic mass is 16.2. The minimum absolute atomic E-state index is 0.137. The summed E-state index contributed by atoms with van der Waals surface area (Å²) >= 11 is 0. The van der Waals surface area contributed by atoms with E-state index in [-0.39, 0.29) is 5.91 Å². The fraction of sp³-hybridized carbons (Fsp3) is 0.409. The second-order valence-electron chi connectivity index (χ2n) is 6.68. The van der Waals surface area contributed by atoms with Gasteiger partial charge in [-0.2, -0.15) is 0 Å². The van der Waals surface area contributed by atoms with Gasteiger partial charge >= 0.3 is 0 Å². The molecule has 0 saturated carbocycles. The van der Waals surface area contributed by atoms with Crippen LogP contribution in [0.1, 0.15) is 35.3 Å². The Bertz CT molecular complexity index is 719. The minimum atomic E-state index is 0.137. The van der Waals surface area contributed by atoms with Gasteiger partial charge in [0.2, 0.25) is 0 Å². The number of hydrogen-bond donors (Lipinski definition) is 1. The summed E-state index contributed by atoms with van der Waals surface area (Å²) in [7, 11) is 0. The molecule has 0 spiro atoms. The number of rotatable bonds is 6. The van der Waals surface area contributed by atoms with E-state index in [0.717, 1.165) is 56.8 Å². The number of anilines is 1. The molecule has 0 aliphatic carbocycles. The van der Waals surface area contributed by atoms with Gasteiger partial charge in [0, 0.05) is 56.9 Å². The van der Waals surface area contributed by atoms with E-state index in [0.29, 0.717) is 0 Å². The molecule has 4 nitrogen and oxygen atoms in total. The molecule has 138 valence electrons. The van der Waals surface area contributed by atoms with Crippen LogP contribution in [0.25, 0.3) is 0 Å². The van der Waals surface area contributed by atoms with Crippen LogP contribution in [0.3, 0.4) is 0 Å². The van der Waals surface area contributed by atoms with Crippen molar-refractivity contribution in [1.82, 2.24) is 10.2 Å². The van der Waals surface area contributed by atoms with Crippen molar-refractivity contribution in [3.8, 4) is 0 Å². The molecule has 1 aliphatic rings. The number of carbonyl (C=O) groups excluding carboxylic acids is 1. The maximum atomic E-state index is 13.1. The normalized spacial score (nSPS) is 14.3. The Labute approximate surface area is 156 Å². The van der Waals surface area contributed by atoms with Crippen LogP contribution < -0.4 is 10.2 Å². The van der Waals surface area contributed by atoms with Crippen molar-refractivity contribution in [3.05, 3.63) is 65.2 Å². The third-order valence-electron chi connectivity index (χ3n) is 5.11. The van der Waals surface area contributed by atoms with Crippen molar-refractivity contribution >= 4 is 11.6 Å². The molecule has 26 heavy (non-hydrogen) atoms. The highest BCUT2D eigenvalue weighted by molar-refractivity contribution is 5.97. The standard InChI is InChI=1S/C22H29N3O/c1-3-24(4-2)22(26)19-11-8-12-21(25-15-13-23-14-16-25)20(19)17-18-9-6-5-7-10-18/h5-12,23H,3-4,13-17H2,1-2H3. The van der Waals surface area contributed by atoms with Crippen molar-refractivity contribution in [3.63, 3.8) is 0 Å². The Morgan fingerprint density at radius 3 is 2.35 bits per heavy atom. The van der Waals surface area contributed by atoms with Crippen molar-refractivity contribution in [2.24, 2.45) is 0 Å². The summed E-state index contributed by atoms with van der Waals surface area (Å²) in [5.41, 5.74) is 4.43. The SMILES string of the molecule is CCN(CC)C(=O)c1cccc(N2CCNCC2)c1Cc1ccccc1. The molecule has 1 saturated heterocycles. The summed E-state index contributed by atoms with van der Waals surface area (Å²) in [6, 6.07) is 16.6. The number of nitrogens with zero attached hydrogens (tertiary/aromatic N) is 2. The summed E-state index contributed by atoms with van der Waals surface area (Å²) in [5.74, 6) is 0.137. The zero-order valence-corrected chi connectivity index (χ0v) is 15.9. The number of nitrogens with one attached hydrogen (secondary N) is 1. The van der Waals surface area contributed by atoms with Crippen LogP contribution in [0.4, 0.5) is 5.69 Å². The molecular weight excluding hydrogens is 322 g/mol. The number of piperazine rings is 1. The highest BCUT2D eigenvalue weighted by Gasteiger charge is 2.22. The molecule has 0 bridgehead atoms. The van der Waals surface area contributed by atoms with Crippen LogP contribution in [-0.2, 0) is 6.42 Å². The van der Waals surface area contributed by atoms with Gasteiger partial charge in [-0.05, 0) is 37.1 Å². The Morgan fingerprint density at radius 1 is 1.00 bits per heavy atom. The lowest BCUT2D eigenvalue weighted by Gasteiger charge is -2.32. The summed E-state index contributed by atoms with van der Waals surface area (Å²) in [6.07, 6.45) is 0.781. The molecule has 0 unspecified atom stereocenters. The van der Waals surface area contributed by atoms with Crippen molar-refractivity contribution in [2.45, 2.75) is 20.3 Å². The van der Waals surface area contributed by atoms with Crippen LogP contribution in [0.2, 0.25) is 0 Å². The van der Waals surface area contributed by atoms with E-state index in [4.69, 9.17) is 0 Å². The third kappa shape index (κ3) is 4.07. The molecule has 2 aromatic carbocycles. The lowest BCUT2D eigenvalue weighted by Crippen LogP contribution is -2.44. The van der Waals surface area contributed by atoms with E-state index in [1.165, 1.54) is 11.3 Å². The molecule has 0 radical (unpaired) electrons. The molecule has 1 N–H and O–H groups in total. The first-order valence-electron chi connectivity index (χ1n) is 9.65. The first-order chi connectivity index (χ1) is 12.7. The second-order valence-corrected chi connectivity index (χ2v) is 6.68. The van der Waals surface area contributed by atoms with Gasteiger partial charge in [0.05, 0.1) is 0 Å². The van der Waals surface area contributed by atoms with Crippen LogP contribution >= 0.6 is 0 Å². The van der Waals surface area contributed by atoms with Crippen LogP contribution in [-0.4, -0.2) is 50.1 Å². The number of amides is 1. The fourth-order valence-corrected chi connectivity index (χ4v) is 3.64. The topological polar surface area (TPSA) is 35.6 Å². The van der Waals surface area contributed by atoms with Gasteiger partial charge < -0.3 is 15.1 Å². The largest absolute Gasteiger partial charge is 0.369 e. The van der Waals surface area contributed by atoms with Gasteiger partial charge in [0.15, 0.2) is 0 Å². The molecule has 3 rings (SSSR count). The molecule has 0 aromatic heterocycles. The van der Waals surface area contributed by atoms with Crippen LogP contribution in [0.5, 0.6) is 0 Å². The van der Waals surface area contributed by atoms with Gasteiger partial charge in [0.1, 0.15) is 0 Å². The number of hydrogen-bond acceptors (Lipinski definition) is 3. The monoisotopic (exact) mass is 351 g/mol. The zero-order chi connectivity index (χ0) is 18.4. The fourth-order valence-electron chi connectivity index (χ4n) is 3.64. The van der Waals surface area contributed by atoms with Crippen molar-refractivity contribution in [2.75, 3.05) is 44.2 Å². The summed E-state index contributed by atoms with van der Waals surface area (Å²) in [5, 5.41) is 3.41. The van der Waals surface area contributed by atoms with Crippen LogP contribution in [0.15, 0.2) is 48.5 Å². The van der Waals surface area contributed by atoms with Gasteiger partial charge in [-0.1, -0.05) is 36.4 Å². The Balaban J connectivity index is 2.03. The van der Waals surface area contributed by atoms with Crippen molar-refractivity contribution < 1.29 is 4.79 Å². The van der Waals surface area contributed by atoms with E-state index in [1.807, 2.05) is 36.9 Å². The molecule has 1 heterocycles. The molecule has 4 heteroatoms. The maximum Gasteiger partial charge on any atom is 0.254 e. The summed E-state index contributed by atoms with van der Waals surface area (Å²) < 4.78 is 0. The van der Waals surface area contributed by atoms with Gasteiger partial charge in [0.25, 0.3) is 5.91 Å². The molecule has 2 aromatic rings. The molecule has 1 amide bonds. The predicted octanol–water partition coefficient (Wildman–Crippen LogP) is 3.17. The van der Waals surface area contributed by atoms with E-state index >= 15 is 0 Å². The lowest BCUT2D eigenvalue weighted by molar-refractivity contribution is 0.0772. The molecule has 1 aliphatic heterocycles. The third-order valence-corrected chi connectivity index (χ3v) is 5.11. The average molecular weight is 351 g/mol. The average Bonchev–Trinajstić information content (AvgIpc) is 2.70. The van der Waals surface area contributed by atoms with E-state index in [9.17, 15) is 4.79 Å². The molecular formula is C22H29N3O. The van der Waals surface area contributed by atoms with Gasteiger partial charge in [-0.3, -0.25) is 4.79 Å². The number of carbonyl (C=O) groups is 1. The van der Waals surface area contributed by atoms with Gasteiger partial charge in [-0.25, -0.2) is 0 Å². The Hall–Kier alpha value is -2.33. The Morgan fingerprint density at radius 2 is 1.69 bits per heavy atom.